The zero-order chi connectivity index (χ0) is 23.7. The van der Waals surface area contributed by atoms with E-state index in [4.69, 9.17) is 11.3 Å². The number of aromatic nitrogens is 2. The van der Waals surface area contributed by atoms with Gasteiger partial charge in [-0.25, -0.2) is 0 Å². The molecule has 33 heavy (non-hydrogen) atoms. The molecule has 0 spiro atoms. The lowest BCUT2D eigenvalue weighted by molar-refractivity contribution is 0.106. The predicted molar refractivity (Wildman–Crippen MR) is 132 cm³/mol. The summed E-state index contributed by atoms with van der Waals surface area (Å²) in [5.74, 6) is 1.20. The van der Waals surface area contributed by atoms with Crippen LogP contribution >= 0.6 is 0 Å². The molecule has 0 N–H and O–H groups in total. The lowest BCUT2D eigenvalue weighted by Crippen LogP contribution is -2.58. The Hall–Kier alpha value is -3.37. The van der Waals surface area contributed by atoms with Crippen molar-refractivity contribution in [3.63, 3.8) is 0 Å². The third-order valence-corrected chi connectivity index (χ3v) is 6.93. The number of nitrogens with zero attached hydrogens (tertiary/aromatic N) is 5. The highest BCUT2D eigenvalue weighted by Crippen LogP contribution is 2.34. The second kappa shape index (κ2) is 9.24. The maximum Gasteiger partial charge on any atom is 0.270 e. The summed E-state index contributed by atoms with van der Waals surface area (Å²) in [6.07, 6.45) is 0.993. The van der Waals surface area contributed by atoms with Crippen LogP contribution in [0.1, 0.15) is 38.8 Å². The minimum absolute atomic E-state index is 0.0656. The molecule has 172 valence electrons. The molecule has 4 rings (SSSR count). The third-order valence-electron chi connectivity index (χ3n) is 6.93. The molecule has 1 saturated heterocycles. The number of aryl methyl sites for hydroxylation is 1. The van der Waals surface area contributed by atoms with Gasteiger partial charge in [0, 0.05) is 44.3 Å². The lowest BCUT2D eigenvalue weighted by atomic mass is 9.98. The number of fused-ring (bicyclic) bond motifs is 1. The number of ether oxygens (including phenoxy) is 1. The predicted octanol–water partition coefficient (Wildman–Crippen LogP) is 4.54. The van der Waals surface area contributed by atoms with Crippen LogP contribution in [0.25, 0.3) is 15.9 Å². The van der Waals surface area contributed by atoms with Gasteiger partial charge in [-0.05, 0) is 50.1 Å². The Morgan fingerprint density at radius 2 is 1.94 bits per heavy atom. The van der Waals surface area contributed by atoms with Gasteiger partial charge in [-0.15, -0.1) is 4.98 Å². The molecule has 0 bridgehead atoms. The standard InChI is InChI=1S/C26H31N5O2/c1-7-20-16-30(17(2)15-31(20)18(3)19-8-10-21(33-6)11-9-19)23-14-25(32)29(5)22-12-13-24(27-4)28-26(22)23/h8-14,17-18,20H,7,15-16H2,1-3,5-6H3/t17-,18?,20+/m0/s1. The number of anilines is 1. The van der Waals surface area contributed by atoms with Gasteiger partial charge >= 0.3 is 0 Å². The van der Waals surface area contributed by atoms with Gasteiger partial charge < -0.3 is 19.0 Å². The molecular formula is C26H31N5O2. The first-order valence-corrected chi connectivity index (χ1v) is 11.4. The second-order valence-electron chi connectivity index (χ2n) is 8.79. The molecule has 1 aromatic carbocycles. The van der Waals surface area contributed by atoms with Gasteiger partial charge in [-0.2, -0.15) is 0 Å². The molecule has 3 aromatic rings. The van der Waals surface area contributed by atoms with Crippen molar-refractivity contribution in [2.45, 2.75) is 45.3 Å². The van der Waals surface area contributed by atoms with Crippen LogP contribution in [0, 0.1) is 6.57 Å². The molecule has 3 heterocycles. The fourth-order valence-electron chi connectivity index (χ4n) is 4.89. The van der Waals surface area contributed by atoms with Crippen molar-refractivity contribution in [2.24, 2.45) is 7.05 Å². The van der Waals surface area contributed by atoms with Gasteiger partial charge in [0.2, 0.25) is 5.52 Å². The zero-order valence-electron chi connectivity index (χ0n) is 19.9. The Balaban J connectivity index is 1.69. The van der Waals surface area contributed by atoms with E-state index in [9.17, 15) is 4.79 Å². The van der Waals surface area contributed by atoms with E-state index in [1.165, 1.54) is 5.56 Å². The second-order valence-corrected chi connectivity index (χ2v) is 8.79. The summed E-state index contributed by atoms with van der Waals surface area (Å²) in [5.41, 5.74) is 3.48. The Labute approximate surface area is 195 Å². The van der Waals surface area contributed by atoms with E-state index in [0.29, 0.717) is 17.4 Å². The number of pyridine rings is 2. The molecule has 1 fully saturated rings. The maximum absolute atomic E-state index is 12.7. The van der Waals surface area contributed by atoms with Crippen molar-refractivity contribution in [2.75, 3.05) is 25.1 Å². The molecule has 0 aliphatic carbocycles. The average molecular weight is 446 g/mol. The van der Waals surface area contributed by atoms with Gasteiger partial charge in [0.05, 0.1) is 18.3 Å². The number of rotatable bonds is 5. The Morgan fingerprint density at radius 3 is 2.58 bits per heavy atom. The van der Waals surface area contributed by atoms with E-state index in [1.54, 1.807) is 30.9 Å². The normalized spacial score (nSPS) is 19.9. The minimum Gasteiger partial charge on any atom is -0.497 e. The van der Waals surface area contributed by atoms with Gasteiger partial charge in [0.25, 0.3) is 11.4 Å². The zero-order valence-corrected chi connectivity index (χ0v) is 19.9. The van der Waals surface area contributed by atoms with Crippen molar-refractivity contribution in [3.8, 4) is 5.75 Å². The van der Waals surface area contributed by atoms with Crippen molar-refractivity contribution in [1.29, 1.82) is 0 Å². The first-order chi connectivity index (χ1) is 15.9. The van der Waals surface area contributed by atoms with Crippen LogP contribution < -0.4 is 15.2 Å². The van der Waals surface area contributed by atoms with Crippen LogP contribution in [0.5, 0.6) is 5.75 Å². The van der Waals surface area contributed by atoms with Crippen LogP contribution in [0.15, 0.2) is 47.3 Å². The fraction of sp³-hybridized carbons (Fsp3) is 0.423. The van der Waals surface area contributed by atoms with Crippen LogP contribution in [0.3, 0.4) is 0 Å². The smallest absolute Gasteiger partial charge is 0.270 e. The molecule has 0 saturated carbocycles. The fourth-order valence-corrected chi connectivity index (χ4v) is 4.89. The van der Waals surface area contributed by atoms with Gasteiger partial charge in [0.1, 0.15) is 5.75 Å². The van der Waals surface area contributed by atoms with E-state index in [-0.39, 0.29) is 17.6 Å². The highest BCUT2D eigenvalue weighted by atomic mass is 16.5. The molecule has 0 amide bonds. The van der Waals surface area contributed by atoms with E-state index in [2.05, 4.69) is 52.5 Å². The first kappa shape index (κ1) is 22.8. The Kier molecular flexibility index (Phi) is 6.39. The summed E-state index contributed by atoms with van der Waals surface area (Å²) in [5, 5.41) is 0. The monoisotopic (exact) mass is 445 g/mol. The number of benzene rings is 1. The van der Waals surface area contributed by atoms with Crippen molar-refractivity contribution < 1.29 is 4.74 Å². The SMILES string of the molecule is [C-]#[N+]c1ccc2c(n1)c(N1C[C@@H](CC)N(C(C)c3ccc(OC)cc3)C[C@@H]1C)cc(=O)n2C. The highest BCUT2D eigenvalue weighted by Gasteiger charge is 2.35. The van der Waals surface area contributed by atoms with Gasteiger partial charge in [-0.1, -0.05) is 25.6 Å². The first-order valence-electron chi connectivity index (χ1n) is 11.4. The van der Waals surface area contributed by atoms with Crippen LogP contribution in [-0.4, -0.2) is 46.7 Å². The summed E-state index contributed by atoms with van der Waals surface area (Å²) in [6.45, 7) is 15.7. The quantitative estimate of drug-likeness (QED) is 0.540. The van der Waals surface area contributed by atoms with E-state index in [0.717, 1.165) is 36.5 Å². The largest absolute Gasteiger partial charge is 0.497 e. The number of hydrogen-bond donors (Lipinski definition) is 0. The lowest BCUT2D eigenvalue weighted by Gasteiger charge is -2.48. The summed E-state index contributed by atoms with van der Waals surface area (Å²) in [7, 11) is 3.43. The highest BCUT2D eigenvalue weighted by molar-refractivity contribution is 5.89. The van der Waals surface area contributed by atoms with Crippen molar-refractivity contribution in [3.05, 3.63) is 69.8 Å². The van der Waals surface area contributed by atoms with E-state index >= 15 is 0 Å². The van der Waals surface area contributed by atoms with Gasteiger partial charge in [0.15, 0.2) is 0 Å². The molecule has 1 unspecified atom stereocenters. The average Bonchev–Trinajstić information content (AvgIpc) is 2.85. The summed E-state index contributed by atoms with van der Waals surface area (Å²) < 4.78 is 6.92. The maximum atomic E-state index is 12.7. The van der Waals surface area contributed by atoms with Crippen LogP contribution in [0.2, 0.25) is 0 Å². The van der Waals surface area contributed by atoms with E-state index < -0.39 is 0 Å². The Bertz CT molecular complexity index is 1240. The molecular weight excluding hydrogens is 414 g/mol. The van der Waals surface area contributed by atoms with Crippen LogP contribution in [0.4, 0.5) is 11.5 Å². The number of methoxy groups -OCH3 is 1. The van der Waals surface area contributed by atoms with Crippen molar-refractivity contribution in [1.82, 2.24) is 14.5 Å². The molecule has 7 nitrogen and oxygen atoms in total. The number of hydrogen-bond acceptors (Lipinski definition) is 5. The van der Waals surface area contributed by atoms with Crippen molar-refractivity contribution >= 4 is 22.5 Å². The molecule has 1 aliphatic heterocycles. The summed E-state index contributed by atoms with van der Waals surface area (Å²) in [4.78, 5) is 25.7. The third kappa shape index (κ3) is 4.19. The van der Waals surface area contributed by atoms with E-state index in [1.807, 2.05) is 18.2 Å². The molecule has 3 atom stereocenters. The summed E-state index contributed by atoms with van der Waals surface area (Å²) >= 11 is 0. The molecule has 2 aromatic heterocycles. The van der Waals surface area contributed by atoms with Crippen LogP contribution in [-0.2, 0) is 7.05 Å². The number of piperazine rings is 1. The molecule has 1 aliphatic rings. The molecule has 7 heteroatoms. The Morgan fingerprint density at radius 1 is 1.21 bits per heavy atom. The summed E-state index contributed by atoms with van der Waals surface area (Å²) in [6, 6.07) is 14.2. The van der Waals surface area contributed by atoms with Gasteiger partial charge in [-0.3, -0.25) is 9.69 Å². The minimum atomic E-state index is -0.0656. The topological polar surface area (TPSA) is 55.0 Å². The molecule has 0 radical (unpaired) electrons.